The van der Waals surface area contributed by atoms with Crippen molar-refractivity contribution in [1.82, 2.24) is 14.9 Å². The maximum Gasteiger partial charge on any atom is 0.241 e. The molecule has 3 heterocycles. The van der Waals surface area contributed by atoms with E-state index < -0.39 is 5.91 Å². The summed E-state index contributed by atoms with van der Waals surface area (Å²) in [5.74, 6) is -0.265. The number of nitrogens with two attached hydrogens (primary N) is 1. The van der Waals surface area contributed by atoms with Crippen molar-refractivity contribution in [2.45, 2.75) is 19.3 Å². The molecule has 2 aliphatic rings. The summed E-state index contributed by atoms with van der Waals surface area (Å²) in [6, 6.07) is 4.34. The number of carbonyl (C=O) groups excluding carboxylic acids is 2. The van der Waals surface area contributed by atoms with Crippen LogP contribution in [0.1, 0.15) is 24.8 Å². The molecule has 8 nitrogen and oxygen atoms in total. The molecule has 2 amide bonds. The highest BCUT2D eigenvalue weighted by molar-refractivity contribution is 5.95. The first-order chi connectivity index (χ1) is 14.0. The van der Waals surface area contributed by atoms with Gasteiger partial charge in [0, 0.05) is 61.2 Å². The van der Waals surface area contributed by atoms with Gasteiger partial charge in [0.15, 0.2) is 0 Å². The van der Waals surface area contributed by atoms with E-state index in [1.165, 1.54) is 6.08 Å². The molecule has 2 aromatic heterocycles. The fourth-order valence-electron chi connectivity index (χ4n) is 4.26. The van der Waals surface area contributed by atoms with E-state index in [0.717, 1.165) is 48.2 Å². The molecular formula is C21H24N6O2. The molecule has 0 bridgehead atoms. The van der Waals surface area contributed by atoms with Gasteiger partial charge in [0.25, 0.3) is 0 Å². The number of carbonyl (C=O) groups is 2. The number of H-pyrrole nitrogens is 1. The Kier molecular flexibility index (Phi) is 5.21. The van der Waals surface area contributed by atoms with Gasteiger partial charge < -0.3 is 20.5 Å². The normalized spacial score (nSPS) is 22.3. The summed E-state index contributed by atoms with van der Waals surface area (Å²) in [7, 11) is 0. The molecule has 3 N–H and O–H groups in total. The first kappa shape index (κ1) is 19.0. The van der Waals surface area contributed by atoms with Crippen LogP contribution in [0.4, 0.5) is 5.69 Å². The number of anilines is 1. The number of hydrogen-bond acceptors (Lipinski definition) is 5. The number of rotatable bonds is 4. The Bertz CT molecular complexity index is 996. The quantitative estimate of drug-likeness (QED) is 0.767. The number of nitrogens with zero attached hydrogens (tertiary/aromatic N) is 4. The Morgan fingerprint density at radius 2 is 2.07 bits per heavy atom. The van der Waals surface area contributed by atoms with Crippen molar-refractivity contribution in [2.75, 3.05) is 31.1 Å². The Morgan fingerprint density at radius 3 is 2.76 bits per heavy atom. The highest BCUT2D eigenvalue weighted by Crippen LogP contribution is 2.32. The molecule has 2 atom stereocenters. The molecule has 1 saturated heterocycles. The molecule has 0 spiro atoms. The van der Waals surface area contributed by atoms with E-state index in [0.29, 0.717) is 19.5 Å². The molecule has 1 saturated carbocycles. The van der Waals surface area contributed by atoms with Gasteiger partial charge in [0.1, 0.15) is 5.65 Å². The molecule has 8 heteroatoms. The summed E-state index contributed by atoms with van der Waals surface area (Å²) in [5, 5.41) is 9.98. The van der Waals surface area contributed by atoms with Crippen molar-refractivity contribution >= 4 is 34.6 Å². The zero-order valence-corrected chi connectivity index (χ0v) is 16.2. The second-order valence-electron chi connectivity index (χ2n) is 7.72. The minimum Gasteiger partial charge on any atom is -0.367 e. The predicted octanol–water partition coefficient (Wildman–Crippen LogP) is 1.65. The van der Waals surface area contributed by atoms with Crippen molar-refractivity contribution in [3.8, 4) is 6.07 Å². The predicted molar refractivity (Wildman–Crippen MR) is 110 cm³/mol. The molecule has 29 heavy (non-hydrogen) atoms. The number of primary amides is 1. The molecular weight excluding hydrogens is 368 g/mol. The molecule has 4 rings (SSSR count). The smallest absolute Gasteiger partial charge is 0.241 e. The fraction of sp³-hybridized carbons (Fsp3) is 0.429. The van der Waals surface area contributed by atoms with E-state index in [1.54, 1.807) is 12.3 Å². The van der Waals surface area contributed by atoms with Crippen LogP contribution in [0.3, 0.4) is 0 Å². The monoisotopic (exact) mass is 392 g/mol. The van der Waals surface area contributed by atoms with Crippen LogP contribution < -0.4 is 10.6 Å². The lowest BCUT2D eigenvalue weighted by molar-refractivity contribution is -0.135. The lowest BCUT2D eigenvalue weighted by Crippen LogP contribution is -2.50. The van der Waals surface area contributed by atoms with Gasteiger partial charge in [-0.15, -0.1) is 0 Å². The molecule has 2 fully saturated rings. The van der Waals surface area contributed by atoms with Gasteiger partial charge in [-0.3, -0.25) is 9.59 Å². The SMILES string of the molecule is N#C[C@H]1CC[C@@H](C(=O)N2CCN(c3cnc4[nH]cc(/C=C/C(N)=O)c4c3)CC2)C1. The summed E-state index contributed by atoms with van der Waals surface area (Å²) < 4.78 is 0. The van der Waals surface area contributed by atoms with Crippen LogP contribution in [0.25, 0.3) is 17.1 Å². The van der Waals surface area contributed by atoms with E-state index in [-0.39, 0.29) is 17.7 Å². The Morgan fingerprint density at radius 1 is 1.28 bits per heavy atom. The Hall–Kier alpha value is -3.34. The number of aromatic amines is 1. The number of amides is 2. The minimum absolute atomic E-state index is 0.00340. The van der Waals surface area contributed by atoms with Crippen molar-refractivity contribution in [1.29, 1.82) is 5.26 Å². The van der Waals surface area contributed by atoms with Crippen molar-refractivity contribution in [3.05, 3.63) is 30.1 Å². The number of pyridine rings is 1. The third kappa shape index (κ3) is 3.94. The summed E-state index contributed by atoms with van der Waals surface area (Å²) in [4.78, 5) is 35.5. The van der Waals surface area contributed by atoms with Crippen LogP contribution in [0.15, 0.2) is 24.5 Å². The topological polar surface area (TPSA) is 119 Å². The van der Waals surface area contributed by atoms with Gasteiger partial charge in [-0.2, -0.15) is 5.26 Å². The van der Waals surface area contributed by atoms with Crippen LogP contribution in [0.5, 0.6) is 0 Å². The van der Waals surface area contributed by atoms with E-state index in [2.05, 4.69) is 20.9 Å². The summed E-state index contributed by atoms with van der Waals surface area (Å²) in [5.41, 5.74) is 7.79. The van der Waals surface area contributed by atoms with Gasteiger partial charge in [-0.1, -0.05) is 0 Å². The van der Waals surface area contributed by atoms with Crippen molar-refractivity contribution in [2.24, 2.45) is 17.6 Å². The third-order valence-electron chi connectivity index (χ3n) is 5.90. The lowest BCUT2D eigenvalue weighted by atomic mass is 10.0. The molecule has 2 aromatic rings. The molecule has 0 unspecified atom stereocenters. The van der Waals surface area contributed by atoms with Gasteiger partial charge in [-0.25, -0.2) is 4.98 Å². The lowest BCUT2D eigenvalue weighted by Gasteiger charge is -2.37. The van der Waals surface area contributed by atoms with Crippen molar-refractivity contribution < 1.29 is 9.59 Å². The maximum absolute atomic E-state index is 12.8. The summed E-state index contributed by atoms with van der Waals surface area (Å²) in [6.45, 7) is 2.83. The van der Waals surface area contributed by atoms with E-state index in [1.807, 2.05) is 17.2 Å². The number of piperazine rings is 1. The van der Waals surface area contributed by atoms with Gasteiger partial charge >= 0.3 is 0 Å². The molecule has 150 valence electrons. The van der Waals surface area contributed by atoms with E-state index in [4.69, 9.17) is 11.0 Å². The zero-order valence-electron chi connectivity index (χ0n) is 16.2. The molecule has 0 aromatic carbocycles. The Labute approximate surface area is 169 Å². The maximum atomic E-state index is 12.8. The number of hydrogen-bond donors (Lipinski definition) is 2. The number of nitrogens with one attached hydrogen (secondary N) is 1. The average Bonchev–Trinajstić information content (AvgIpc) is 3.38. The van der Waals surface area contributed by atoms with Crippen LogP contribution in [0, 0.1) is 23.2 Å². The Balaban J connectivity index is 1.42. The zero-order chi connectivity index (χ0) is 20.4. The van der Waals surface area contributed by atoms with Gasteiger partial charge in [-0.05, 0) is 31.4 Å². The highest BCUT2D eigenvalue weighted by Gasteiger charge is 2.33. The highest BCUT2D eigenvalue weighted by atomic mass is 16.2. The first-order valence-electron chi connectivity index (χ1n) is 9.93. The van der Waals surface area contributed by atoms with E-state index in [9.17, 15) is 9.59 Å². The molecule has 0 radical (unpaired) electrons. The van der Waals surface area contributed by atoms with Gasteiger partial charge in [0.2, 0.25) is 11.8 Å². The second kappa shape index (κ2) is 7.95. The molecule has 1 aliphatic carbocycles. The fourth-order valence-corrected chi connectivity index (χ4v) is 4.26. The number of fused-ring (bicyclic) bond motifs is 1. The van der Waals surface area contributed by atoms with Crippen LogP contribution >= 0.6 is 0 Å². The van der Waals surface area contributed by atoms with Crippen LogP contribution in [-0.4, -0.2) is 52.9 Å². The summed E-state index contributed by atoms with van der Waals surface area (Å²) >= 11 is 0. The van der Waals surface area contributed by atoms with Crippen molar-refractivity contribution in [3.63, 3.8) is 0 Å². The largest absolute Gasteiger partial charge is 0.367 e. The molecule has 1 aliphatic heterocycles. The van der Waals surface area contributed by atoms with Crippen LogP contribution in [0.2, 0.25) is 0 Å². The number of nitriles is 1. The third-order valence-corrected chi connectivity index (χ3v) is 5.90. The second-order valence-corrected chi connectivity index (χ2v) is 7.72. The van der Waals surface area contributed by atoms with Crippen LogP contribution in [-0.2, 0) is 9.59 Å². The minimum atomic E-state index is -0.493. The first-order valence-corrected chi connectivity index (χ1v) is 9.93. The average molecular weight is 392 g/mol. The summed E-state index contributed by atoms with van der Waals surface area (Å²) in [6.07, 6.45) is 9.00. The standard InChI is InChI=1S/C21H24N6O2/c22-11-14-1-2-15(9-14)21(29)27-7-5-26(6-8-27)17-10-18-16(3-4-19(23)28)12-24-20(18)25-13-17/h3-4,10,12-15H,1-2,5-9H2,(H2,23,28)(H,24,25)/b4-3+/t14-,15+/m0/s1. The number of aromatic nitrogens is 2. The van der Waals surface area contributed by atoms with E-state index >= 15 is 0 Å². The van der Waals surface area contributed by atoms with Gasteiger partial charge in [0.05, 0.1) is 18.0 Å².